The fourth-order valence-corrected chi connectivity index (χ4v) is 1.44. The predicted molar refractivity (Wildman–Crippen MR) is 51.7 cm³/mol. The van der Waals surface area contributed by atoms with Crippen LogP contribution in [0.25, 0.3) is 0 Å². The maximum atomic E-state index is 11.7. The number of carbonyl (C=O) groups is 1. The number of ether oxygens (including phenoxy) is 1. The third-order valence-corrected chi connectivity index (χ3v) is 2.41. The number of nitrogens with two attached hydrogens (primary N) is 1. The second-order valence-electron chi connectivity index (χ2n) is 3.47. The van der Waals surface area contributed by atoms with E-state index in [-0.39, 0.29) is 18.6 Å². The van der Waals surface area contributed by atoms with E-state index < -0.39 is 6.04 Å². The van der Waals surface area contributed by atoms with Gasteiger partial charge in [-0.15, -0.1) is 0 Å². The Morgan fingerprint density at radius 1 is 1.79 bits per heavy atom. The van der Waals surface area contributed by atoms with Crippen molar-refractivity contribution >= 4 is 5.91 Å². The van der Waals surface area contributed by atoms with Crippen LogP contribution in [0.1, 0.15) is 13.3 Å². The molecule has 0 radical (unpaired) electrons. The Morgan fingerprint density at radius 2 is 2.50 bits per heavy atom. The molecule has 0 spiro atoms. The molecule has 14 heavy (non-hydrogen) atoms. The van der Waals surface area contributed by atoms with Crippen molar-refractivity contribution in [3.63, 3.8) is 0 Å². The van der Waals surface area contributed by atoms with Gasteiger partial charge in [0.05, 0.1) is 25.4 Å². The molecule has 5 heteroatoms. The number of hydrogen-bond acceptors (Lipinski definition) is 4. The van der Waals surface area contributed by atoms with Crippen molar-refractivity contribution in [3.8, 4) is 0 Å². The van der Waals surface area contributed by atoms with E-state index in [1.165, 1.54) is 0 Å². The number of carbonyl (C=O) groups excluding carboxylic acids is 1. The van der Waals surface area contributed by atoms with E-state index in [1.807, 2.05) is 6.92 Å². The average molecular weight is 202 g/mol. The van der Waals surface area contributed by atoms with Crippen LogP contribution in [0.5, 0.6) is 0 Å². The van der Waals surface area contributed by atoms with Gasteiger partial charge in [-0.25, -0.2) is 0 Å². The van der Waals surface area contributed by atoms with Gasteiger partial charge in [0.15, 0.2) is 0 Å². The van der Waals surface area contributed by atoms with Crippen LogP contribution >= 0.6 is 0 Å². The molecule has 1 amide bonds. The lowest BCUT2D eigenvalue weighted by molar-refractivity contribution is -0.141. The van der Waals surface area contributed by atoms with Gasteiger partial charge in [0.2, 0.25) is 5.91 Å². The predicted octanol–water partition coefficient (Wildman–Crippen LogP) is -1.06. The van der Waals surface area contributed by atoms with Gasteiger partial charge in [-0.3, -0.25) is 4.79 Å². The molecule has 1 rings (SSSR count). The highest BCUT2D eigenvalue weighted by atomic mass is 16.5. The van der Waals surface area contributed by atoms with Crippen molar-refractivity contribution < 1.29 is 14.6 Å². The quantitative estimate of drug-likeness (QED) is 0.612. The smallest absolute Gasteiger partial charge is 0.239 e. The fourth-order valence-electron chi connectivity index (χ4n) is 1.44. The summed E-state index contributed by atoms with van der Waals surface area (Å²) < 4.78 is 5.24. The van der Waals surface area contributed by atoms with Gasteiger partial charge >= 0.3 is 0 Å². The number of aliphatic hydroxyl groups excluding tert-OH is 1. The molecular formula is C9H18N2O3. The fraction of sp³-hybridized carbons (Fsp3) is 0.889. The summed E-state index contributed by atoms with van der Waals surface area (Å²) in [7, 11) is 0. The lowest BCUT2D eigenvalue weighted by atomic mass is 10.2. The highest BCUT2D eigenvalue weighted by molar-refractivity contribution is 5.81. The Morgan fingerprint density at radius 3 is 3.07 bits per heavy atom. The topological polar surface area (TPSA) is 75.8 Å². The summed E-state index contributed by atoms with van der Waals surface area (Å²) >= 11 is 0. The molecule has 0 bridgehead atoms. The minimum atomic E-state index is -0.424. The first kappa shape index (κ1) is 11.4. The highest BCUT2D eigenvalue weighted by Crippen LogP contribution is 2.06. The minimum Gasteiger partial charge on any atom is -0.394 e. The number of amides is 1. The molecule has 2 atom stereocenters. The maximum Gasteiger partial charge on any atom is 0.239 e. The van der Waals surface area contributed by atoms with Crippen LogP contribution in [0.3, 0.4) is 0 Å². The van der Waals surface area contributed by atoms with Crippen molar-refractivity contribution in [1.82, 2.24) is 4.90 Å². The Labute approximate surface area is 83.8 Å². The van der Waals surface area contributed by atoms with Crippen molar-refractivity contribution in [2.24, 2.45) is 5.73 Å². The summed E-state index contributed by atoms with van der Waals surface area (Å²) in [6.45, 7) is 3.33. The number of morpholine rings is 1. The van der Waals surface area contributed by atoms with Crippen LogP contribution in [0.15, 0.2) is 0 Å². The van der Waals surface area contributed by atoms with Crippen LogP contribution in [0, 0.1) is 0 Å². The zero-order valence-electron chi connectivity index (χ0n) is 8.48. The molecule has 0 aromatic carbocycles. The SMILES string of the molecule is CC[C@@H](N)C(=O)N1CCOC(CO)C1. The third kappa shape index (κ3) is 2.67. The van der Waals surface area contributed by atoms with Gasteiger partial charge < -0.3 is 20.5 Å². The monoisotopic (exact) mass is 202 g/mol. The van der Waals surface area contributed by atoms with Gasteiger partial charge in [0.25, 0.3) is 0 Å². The van der Waals surface area contributed by atoms with Crippen LogP contribution in [-0.2, 0) is 9.53 Å². The zero-order valence-corrected chi connectivity index (χ0v) is 8.48. The summed E-state index contributed by atoms with van der Waals surface area (Å²) in [5.41, 5.74) is 5.64. The molecule has 1 aliphatic heterocycles. The van der Waals surface area contributed by atoms with Gasteiger partial charge in [-0.2, -0.15) is 0 Å². The first-order valence-electron chi connectivity index (χ1n) is 4.95. The van der Waals surface area contributed by atoms with Crippen LogP contribution in [-0.4, -0.2) is 54.4 Å². The molecular weight excluding hydrogens is 184 g/mol. The summed E-state index contributed by atoms with van der Waals surface area (Å²) in [4.78, 5) is 13.3. The standard InChI is InChI=1S/C9H18N2O3/c1-2-8(10)9(13)11-3-4-14-7(5-11)6-12/h7-8,12H,2-6,10H2,1H3/t7?,8-/m1/s1. The number of aliphatic hydroxyl groups is 1. The van der Waals surface area contributed by atoms with Gasteiger partial charge in [0.1, 0.15) is 0 Å². The minimum absolute atomic E-state index is 0.0470. The average Bonchev–Trinajstić information content (AvgIpc) is 2.27. The molecule has 0 aliphatic carbocycles. The Kier molecular flexibility index (Phi) is 4.31. The largest absolute Gasteiger partial charge is 0.394 e. The van der Waals surface area contributed by atoms with Crippen LogP contribution < -0.4 is 5.73 Å². The van der Waals surface area contributed by atoms with Crippen molar-refractivity contribution in [2.75, 3.05) is 26.3 Å². The Bertz CT molecular complexity index is 198. The van der Waals surface area contributed by atoms with Gasteiger partial charge in [0, 0.05) is 13.1 Å². The lowest BCUT2D eigenvalue weighted by Gasteiger charge is -2.33. The Hall–Kier alpha value is -0.650. The van der Waals surface area contributed by atoms with E-state index in [0.717, 1.165) is 0 Å². The van der Waals surface area contributed by atoms with Crippen LogP contribution in [0.2, 0.25) is 0 Å². The molecule has 3 N–H and O–H groups in total. The zero-order chi connectivity index (χ0) is 10.6. The summed E-state index contributed by atoms with van der Waals surface area (Å²) in [5.74, 6) is -0.0470. The third-order valence-electron chi connectivity index (χ3n) is 2.41. The molecule has 1 unspecified atom stereocenters. The first-order valence-corrected chi connectivity index (χ1v) is 4.95. The van der Waals surface area contributed by atoms with Gasteiger partial charge in [-0.1, -0.05) is 6.92 Å². The number of rotatable bonds is 3. The van der Waals surface area contributed by atoms with E-state index in [9.17, 15) is 4.79 Å². The van der Waals surface area contributed by atoms with Crippen molar-refractivity contribution in [1.29, 1.82) is 0 Å². The Balaban J connectivity index is 2.47. The summed E-state index contributed by atoms with van der Waals surface area (Å²) in [5, 5.41) is 8.89. The number of hydrogen-bond donors (Lipinski definition) is 2. The molecule has 1 saturated heterocycles. The van der Waals surface area contributed by atoms with E-state index >= 15 is 0 Å². The number of nitrogens with zero attached hydrogens (tertiary/aromatic N) is 1. The molecule has 0 saturated carbocycles. The normalized spacial score (nSPS) is 24.8. The molecule has 1 fully saturated rings. The first-order chi connectivity index (χ1) is 6.69. The lowest BCUT2D eigenvalue weighted by Crippen LogP contribution is -2.52. The van der Waals surface area contributed by atoms with Crippen LogP contribution in [0.4, 0.5) is 0 Å². The molecule has 0 aromatic rings. The van der Waals surface area contributed by atoms with E-state index in [2.05, 4.69) is 0 Å². The summed E-state index contributed by atoms with van der Waals surface area (Å²) in [6, 6.07) is -0.424. The molecule has 82 valence electrons. The summed E-state index contributed by atoms with van der Waals surface area (Å²) in [6.07, 6.45) is 0.386. The molecule has 1 aliphatic rings. The maximum absolute atomic E-state index is 11.7. The molecule has 0 aromatic heterocycles. The van der Waals surface area contributed by atoms with E-state index in [1.54, 1.807) is 4.90 Å². The van der Waals surface area contributed by atoms with E-state index in [0.29, 0.717) is 26.1 Å². The van der Waals surface area contributed by atoms with Crippen molar-refractivity contribution in [3.05, 3.63) is 0 Å². The van der Waals surface area contributed by atoms with Crippen molar-refractivity contribution in [2.45, 2.75) is 25.5 Å². The second kappa shape index (κ2) is 5.29. The second-order valence-corrected chi connectivity index (χ2v) is 3.47. The molecule has 5 nitrogen and oxygen atoms in total. The highest BCUT2D eigenvalue weighted by Gasteiger charge is 2.26. The van der Waals surface area contributed by atoms with E-state index in [4.69, 9.17) is 15.6 Å². The molecule has 1 heterocycles. The van der Waals surface area contributed by atoms with Gasteiger partial charge in [-0.05, 0) is 6.42 Å².